The third kappa shape index (κ3) is 3.48. The summed E-state index contributed by atoms with van der Waals surface area (Å²) < 4.78 is 2.00. The molecule has 1 N–H and O–H groups in total. The molecule has 0 aliphatic carbocycles. The molecule has 0 unspecified atom stereocenters. The first kappa shape index (κ1) is 14.1. The van der Waals surface area contributed by atoms with E-state index in [1.54, 1.807) is 0 Å². The van der Waals surface area contributed by atoms with Crippen molar-refractivity contribution in [3.8, 4) is 5.75 Å². The Morgan fingerprint density at radius 3 is 2.06 bits per heavy atom. The quantitative estimate of drug-likeness (QED) is 0.851. The third-order valence-corrected chi connectivity index (χ3v) is 2.74. The lowest BCUT2D eigenvalue weighted by Crippen LogP contribution is -2.11. The molecule has 0 bridgehead atoms. The fraction of sp³-hybridized carbons (Fsp3) is 0.786. The maximum atomic E-state index is 10.3. The Balaban J connectivity index is 3.12. The van der Waals surface area contributed by atoms with Crippen LogP contribution in [0.5, 0.6) is 5.75 Å². The summed E-state index contributed by atoms with van der Waals surface area (Å²) in [5.41, 5.74) is 1.83. The van der Waals surface area contributed by atoms with Crippen LogP contribution in [0.2, 0.25) is 0 Å². The molecular weight excluding hydrogens is 212 g/mol. The minimum absolute atomic E-state index is 0.273. The van der Waals surface area contributed by atoms with Gasteiger partial charge in [-0.25, -0.2) is 0 Å². The number of rotatable bonds is 5. The zero-order valence-electron chi connectivity index (χ0n) is 12.0. The lowest BCUT2D eigenvalue weighted by molar-refractivity contribution is 0.431. The third-order valence-electron chi connectivity index (χ3n) is 2.74. The Bertz CT molecular complexity index is 365. The average molecular weight is 238 g/mol. The van der Waals surface area contributed by atoms with Gasteiger partial charge in [-0.2, -0.15) is 5.10 Å². The molecule has 0 radical (unpaired) electrons. The van der Waals surface area contributed by atoms with Crippen molar-refractivity contribution in [3.63, 3.8) is 0 Å². The highest BCUT2D eigenvalue weighted by Crippen LogP contribution is 2.30. The highest BCUT2D eigenvalue weighted by molar-refractivity contribution is 5.34. The molecule has 0 aliphatic rings. The van der Waals surface area contributed by atoms with Crippen molar-refractivity contribution in [3.05, 3.63) is 11.4 Å². The van der Waals surface area contributed by atoms with E-state index in [9.17, 15) is 5.11 Å². The van der Waals surface area contributed by atoms with Gasteiger partial charge in [-0.1, -0.05) is 41.5 Å². The van der Waals surface area contributed by atoms with E-state index in [1.165, 1.54) is 0 Å². The predicted molar refractivity (Wildman–Crippen MR) is 71.4 cm³/mol. The molecule has 0 saturated carbocycles. The summed E-state index contributed by atoms with van der Waals surface area (Å²) in [5.74, 6) is 1.76. The monoisotopic (exact) mass is 238 g/mol. The molecule has 1 rings (SSSR count). The van der Waals surface area contributed by atoms with Crippen LogP contribution in [0.4, 0.5) is 0 Å². The van der Waals surface area contributed by atoms with Crippen molar-refractivity contribution < 1.29 is 5.11 Å². The standard InChI is InChI=1S/C14H26N2O/c1-9(2)7-12-14(17)13(11(5)6)15-16(12)8-10(3)4/h9-11,17H,7-8H2,1-6H3. The van der Waals surface area contributed by atoms with Gasteiger partial charge in [-0.3, -0.25) is 4.68 Å². The van der Waals surface area contributed by atoms with Gasteiger partial charge in [-0.15, -0.1) is 0 Å². The van der Waals surface area contributed by atoms with Crippen molar-refractivity contribution in [1.29, 1.82) is 0 Å². The summed E-state index contributed by atoms with van der Waals surface area (Å²) in [5, 5.41) is 14.8. The van der Waals surface area contributed by atoms with E-state index in [2.05, 4.69) is 46.6 Å². The van der Waals surface area contributed by atoms with Crippen LogP contribution in [0.3, 0.4) is 0 Å². The van der Waals surface area contributed by atoms with Crippen LogP contribution in [-0.2, 0) is 13.0 Å². The molecule has 3 nitrogen and oxygen atoms in total. The van der Waals surface area contributed by atoms with E-state index in [4.69, 9.17) is 0 Å². The Hall–Kier alpha value is -0.990. The lowest BCUT2D eigenvalue weighted by atomic mass is 10.0. The second-order valence-electron chi connectivity index (χ2n) is 6.01. The summed E-state index contributed by atoms with van der Waals surface area (Å²) in [7, 11) is 0. The van der Waals surface area contributed by atoms with E-state index in [0.29, 0.717) is 17.6 Å². The van der Waals surface area contributed by atoms with Crippen LogP contribution >= 0.6 is 0 Å². The number of aromatic hydroxyl groups is 1. The minimum Gasteiger partial charge on any atom is -0.504 e. The van der Waals surface area contributed by atoms with E-state index in [1.807, 2.05) is 4.68 Å². The molecular formula is C14H26N2O. The topological polar surface area (TPSA) is 38.1 Å². The van der Waals surface area contributed by atoms with Crippen LogP contribution in [0, 0.1) is 11.8 Å². The van der Waals surface area contributed by atoms with Crippen molar-refractivity contribution in [2.75, 3.05) is 0 Å². The SMILES string of the molecule is CC(C)Cc1c(O)c(C(C)C)nn1CC(C)C. The van der Waals surface area contributed by atoms with Crippen molar-refractivity contribution in [2.45, 2.75) is 60.4 Å². The average Bonchev–Trinajstić information content (AvgIpc) is 2.44. The predicted octanol–water partition coefficient (Wildman–Crippen LogP) is 3.57. The Labute approximate surface area is 105 Å². The Morgan fingerprint density at radius 1 is 1.06 bits per heavy atom. The normalized spacial score (nSPS) is 12.1. The van der Waals surface area contributed by atoms with Crippen molar-refractivity contribution in [2.24, 2.45) is 11.8 Å². The van der Waals surface area contributed by atoms with Crippen molar-refractivity contribution in [1.82, 2.24) is 9.78 Å². The van der Waals surface area contributed by atoms with Gasteiger partial charge < -0.3 is 5.11 Å². The second kappa shape index (κ2) is 5.56. The van der Waals surface area contributed by atoms with Gasteiger partial charge in [0.1, 0.15) is 5.69 Å². The Kier molecular flexibility index (Phi) is 4.61. The fourth-order valence-electron chi connectivity index (χ4n) is 1.98. The smallest absolute Gasteiger partial charge is 0.160 e. The Morgan fingerprint density at radius 2 is 1.65 bits per heavy atom. The van der Waals surface area contributed by atoms with E-state index >= 15 is 0 Å². The first-order valence-electron chi connectivity index (χ1n) is 6.61. The molecule has 1 aromatic rings. The summed E-state index contributed by atoms with van der Waals surface area (Å²) in [6.07, 6.45) is 0.887. The van der Waals surface area contributed by atoms with Gasteiger partial charge in [-0.05, 0) is 18.3 Å². The number of hydrogen-bond acceptors (Lipinski definition) is 2. The van der Waals surface area contributed by atoms with E-state index < -0.39 is 0 Å². The van der Waals surface area contributed by atoms with Crippen LogP contribution < -0.4 is 0 Å². The van der Waals surface area contributed by atoms with Gasteiger partial charge in [0.2, 0.25) is 0 Å². The molecule has 17 heavy (non-hydrogen) atoms. The molecule has 0 amide bonds. The molecule has 0 aromatic carbocycles. The highest BCUT2D eigenvalue weighted by Gasteiger charge is 2.20. The van der Waals surface area contributed by atoms with Crippen LogP contribution in [0.25, 0.3) is 0 Å². The summed E-state index contributed by atoms with van der Waals surface area (Å²) >= 11 is 0. The van der Waals surface area contributed by atoms with Gasteiger partial charge in [0, 0.05) is 12.5 Å². The minimum atomic E-state index is 0.273. The molecule has 0 saturated heterocycles. The van der Waals surface area contributed by atoms with Gasteiger partial charge in [0.05, 0.1) is 5.69 Å². The first-order chi connectivity index (χ1) is 7.82. The lowest BCUT2D eigenvalue weighted by Gasteiger charge is -2.11. The maximum absolute atomic E-state index is 10.3. The first-order valence-corrected chi connectivity index (χ1v) is 6.61. The number of hydrogen-bond donors (Lipinski definition) is 1. The van der Waals surface area contributed by atoms with Crippen LogP contribution in [0.1, 0.15) is 58.8 Å². The molecule has 98 valence electrons. The number of aromatic nitrogens is 2. The zero-order chi connectivity index (χ0) is 13.2. The molecule has 0 spiro atoms. The second-order valence-corrected chi connectivity index (χ2v) is 6.01. The highest BCUT2D eigenvalue weighted by atomic mass is 16.3. The molecule has 0 atom stereocenters. The summed E-state index contributed by atoms with van der Waals surface area (Å²) in [6, 6.07) is 0. The van der Waals surface area contributed by atoms with E-state index in [-0.39, 0.29) is 5.92 Å². The molecule has 1 heterocycles. The van der Waals surface area contributed by atoms with Crippen LogP contribution in [0.15, 0.2) is 0 Å². The summed E-state index contributed by atoms with van der Waals surface area (Å²) in [4.78, 5) is 0. The maximum Gasteiger partial charge on any atom is 0.160 e. The largest absolute Gasteiger partial charge is 0.504 e. The molecule has 1 aromatic heterocycles. The fourth-order valence-corrected chi connectivity index (χ4v) is 1.98. The summed E-state index contributed by atoms with van der Waals surface area (Å²) in [6.45, 7) is 13.7. The van der Waals surface area contributed by atoms with Gasteiger partial charge >= 0.3 is 0 Å². The zero-order valence-corrected chi connectivity index (χ0v) is 12.0. The molecule has 0 aliphatic heterocycles. The van der Waals surface area contributed by atoms with Gasteiger partial charge in [0.25, 0.3) is 0 Å². The van der Waals surface area contributed by atoms with Crippen LogP contribution in [-0.4, -0.2) is 14.9 Å². The van der Waals surface area contributed by atoms with Crippen molar-refractivity contribution >= 4 is 0 Å². The molecule has 3 heteroatoms. The molecule has 0 fully saturated rings. The van der Waals surface area contributed by atoms with E-state index in [0.717, 1.165) is 24.4 Å². The van der Waals surface area contributed by atoms with Gasteiger partial charge in [0.15, 0.2) is 5.75 Å². The number of nitrogens with zero attached hydrogens (tertiary/aromatic N) is 2.